The smallest absolute Gasteiger partial charge is 0.126 e. The predicted molar refractivity (Wildman–Crippen MR) is 47.6 cm³/mol. The van der Waals surface area contributed by atoms with Crippen molar-refractivity contribution in [2.24, 2.45) is 0 Å². The molecule has 1 aliphatic heterocycles. The fraction of sp³-hybridized carbons (Fsp3) is 0.100. The average molecular weight is 281 g/mol. The van der Waals surface area contributed by atoms with Crippen LogP contribution in [0.2, 0.25) is 0 Å². The van der Waals surface area contributed by atoms with Crippen LogP contribution in [0.4, 0.5) is 0 Å². The predicted octanol–water partition coefficient (Wildman–Crippen LogP) is 2.23. The van der Waals surface area contributed by atoms with E-state index in [2.05, 4.69) is 12.6 Å². The Kier molecular flexibility index (Phi) is 9.93. The van der Waals surface area contributed by atoms with Gasteiger partial charge in [0.25, 0.3) is 0 Å². The van der Waals surface area contributed by atoms with Crippen LogP contribution in [0.1, 0.15) is 5.56 Å². The summed E-state index contributed by atoms with van der Waals surface area (Å²) in [5, 5.41) is 6.50. The maximum absolute atomic E-state index is 6.50. The van der Waals surface area contributed by atoms with Gasteiger partial charge < -0.3 is 4.74 Å². The van der Waals surface area contributed by atoms with Gasteiger partial charge in [-0.25, -0.2) is 5.26 Å². The largest absolute Gasteiger partial charge is 0.489 e. The monoisotopic (exact) mass is 280 g/mol. The van der Waals surface area contributed by atoms with Crippen molar-refractivity contribution in [1.29, 1.82) is 5.26 Å². The third kappa shape index (κ3) is 3.98. The zero-order chi connectivity index (χ0) is 8.81. The molecule has 81 valence electrons. The number of nitrogens with zero attached hydrogens (tertiary/aromatic N) is 1. The fourth-order valence-corrected chi connectivity index (χ4v) is 1.06. The van der Waals surface area contributed by atoms with Crippen LogP contribution in [-0.2, 0) is 33.6 Å². The van der Waals surface area contributed by atoms with Gasteiger partial charge in [-0.05, 0) is 12.1 Å². The van der Waals surface area contributed by atoms with Gasteiger partial charge in [-0.1, -0.05) is 24.3 Å². The number of fused-ring (bicyclic) bond motifs is 1. The minimum atomic E-state index is 0. The molecule has 4 heteroatoms. The molecule has 0 N–H and O–H groups in total. The van der Waals surface area contributed by atoms with E-state index in [4.69, 9.17) is 10.00 Å². The van der Waals surface area contributed by atoms with Crippen LogP contribution in [0.25, 0.3) is 6.08 Å². The summed E-state index contributed by atoms with van der Waals surface area (Å²) in [7, 11) is 0. The molecule has 0 amide bonds. The maximum atomic E-state index is 6.50. The molecule has 0 saturated carbocycles. The Balaban J connectivity index is 0. The normalized spacial score (nSPS) is 10.1. The van der Waals surface area contributed by atoms with Crippen molar-refractivity contribution in [3.8, 4) is 12.3 Å². The second-order valence-electron chi connectivity index (χ2n) is 2.25. The first-order chi connectivity index (χ1) is 5.97. The van der Waals surface area contributed by atoms with E-state index in [1.165, 1.54) is 5.56 Å². The van der Waals surface area contributed by atoms with Crippen molar-refractivity contribution in [2.45, 2.75) is 0 Å². The summed E-state index contributed by atoms with van der Waals surface area (Å²) in [6, 6.07) is 8.03. The Labute approximate surface area is 104 Å². The molecular weight excluding hydrogens is 272 g/mol. The van der Waals surface area contributed by atoms with Gasteiger partial charge in [0.1, 0.15) is 12.4 Å². The Morgan fingerprint density at radius 3 is 2.50 bits per heavy atom. The molecule has 2 nitrogen and oxygen atoms in total. The third-order valence-corrected chi connectivity index (χ3v) is 1.55. The standard InChI is InChI=1S/C9H8O.CHN.Cu.Ni/c1-2-6-9-8(4-1)5-3-7-10-9;1-2;;/h1-6H,7H2;1H;;. The molecule has 2 rings (SSSR count). The molecule has 0 aliphatic carbocycles. The minimum absolute atomic E-state index is 0. The van der Waals surface area contributed by atoms with Crippen molar-refractivity contribution in [3.63, 3.8) is 0 Å². The van der Waals surface area contributed by atoms with E-state index >= 15 is 0 Å². The molecule has 1 radical (unpaired) electrons. The Bertz CT molecular complexity index is 312. The van der Waals surface area contributed by atoms with Crippen LogP contribution in [0.15, 0.2) is 30.3 Å². The number of benzene rings is 1. The van der Waals surface area contributed by atoms with Gasteiger partial charge in [0, 0.05) is 45.7 Å². The molecule has 0 fully saturated rings. The first-order valence-corrected chi connectivity index (χ1v) is 3.61. The van der Waals surface area contributed by atoms with Crippen molar-refractivity contribution >= 4 is 6.08 Å². The van der Waals surface area contributed by atoms with E-state index in [1.807, 2.05) is 30.3 Å². The van der Waals surface area contributed by atoms with Crippen LogP contribution in [-0.4, -0.2) is 6.61 Å². The molecule has 0 bridgehead atoms. The summed E-state index contributed by atoms with van der Waals surface area (Å²) in [5.41, 5.74) is 1.17. The number of nitriles is 1. The van der Waals surface area contributed by atoms with Gasteiger partial charge in [0.05, 0.1) is 0 Å². The number of ether oxygens (including phenoxy) is 1. The maximum Gasteiger partial charge on any atom is 0.126 e. The Morgan fingerprint density at radius 2 is 1.86 bits per heavy atom. The first kappa shape index (κ1) is 15.7. The molecule has 0 spiro atoms. The molecule has 1 aliphatic rings. The molecular formula is C10H9CuNNiO. The van der Waals surface area contributed by atoms with E-state index in [1.54, 1.807) is 0 Å². The fourth-order valence-electron chi connectivity index (χ4n) is 1.06. The molecule has 0 saturated heterocycles. The van der Waals surface area contributed by atoms with Gasteiger partial charge in [-0.15, -0.1) is 0 Å². The zero-order valence-corrected chi connectivity index (χ0v) is 9.15. The second-order valence-corrected chi connectivity index (χ2v) is 2.25. The number of hydrogen-bond acceptors (Lipinski definition) is 2. The third-order valence-electron chi connectivity index (χ3n) is 1.55. The molecule has 0 unspecified atom stereocenters. The van der Waals surface area contributed by atoms with Crippen molar-refractivity contribution < 1.29 is 38.3 Å². The van der Waals surface area contributed by atoms with Crippen LogP contribution < -0.4 is 4.74 Å². The van der Waals surface area contributed by atoms with Crippen molar-refractivity contribution in [1.82, 2.24) is 0 Å². The van der Waals surface area contributed by atoms with Gasteiger partial charge in [-0.3, -0.25) is 0 Å². The molecule has 1 aromatic rings. The van der Waals surface area contributed by atoms with E-state index in [-0.39, 0.29) is 33.6 Å². The number of hydrogen-bond donors (Lipinski definition) is 0. The second kappa shape index (κ2) is 8.84. The summed E-state index contributed by atoms with van der Waals surface area (Å²) in [4.78, 5) is 0. The summed E-state index contributed by atoms with van der Waals surface area (Å²) in [6.45, 7) is 4.21. The van der Waals surface area contributed by atoms with E-state index in [9.17, 15) is 0 Å². The summed E-state index contributed by atoms with van der Waals surface area (Å²) in [5.74, 6) is 0.991. The summed E-state index contributed by atoms with van der Waals surface area (Å²) < 4.78 is 5.34. The topological polar surface area (TPSA) is 33.0 Å². The van der Waals surface area contributed by atoms with E-state index in [0.29, 0.717) is 6.61 Å². The van der Waals surface area contributed by atoms with Crippen molar-refractivity contribution in [2.75, 3.05) is 6.61 Å². The van der Waals surface area contributed by atoms with Crippen LogP contribution >= 0.6 is 0 Å². The van der Waals surface area contributed by atoms with Crippen LogP contribution in [0.3, 0.4) is 0 Å². The number of para-hydroxylation sites is 1. The molecule has 14 heavy (non-hydrogen) atoms. The summed E-state index contributed by atoms with van der Waals surface area (Å²) in [6.07, 6.45) is 4.10. The molecule has 0 aromatic heterocycles. The average Bonchev–Trinajstić information content (AvgIpc) is 2.21. The molecule has 0 atom stereocenters. The van der Waals surface area contributed by atoms with Crippen LogP contribution in [0, 0.1) is 11.8 Å². The van der Waals surface area contributed by atoms with Gasteiger partial charge >= 0.3 is 0 Å². The Hall–Kier alpha value is -0.737. The van der Waals surface area contributed by atoms with Crippen LogP contribution in [0.5, 0.6) is 5.75 Å². The van der Waals surface area contributed by atoms with Gasteiger partial charge in [0.2, 0.25) is 0 Å². The zero-order valence-electron chi connectivity index (χ0n) is 7.22. The van der Waals surface area contributed by atoms with Gasteiger partial charge in [0.15, 0.2) is 0 Å². The van der Waals surface area contributed by atoms with Crippen molar-refractivity contribution in [3.05, 3.63) is 35.9 Å². The SMILES string of the molecule is C#N.C1=Cc2ccccc2OC1.[Cu].[Ni]. The van der Waals surface area contributed by atoms with E-state index < -0.39 is 0 Å². The quantitative estimate of drug-likeness (QED) is 0.683. The Morgan fingerprint density at radius 1 is 1.21 bits per heavy atom. The van der Waals surface area contributed by atoms with E-state index in [0.717, 1.165) is 5.75 Å². The first-order valence-electron chi connectivity index (χ1n) is 3.61. The minimum Gasteiger partial charge on any atom is -0.489 e. The molecule has 1 heterocycles. The summed E-state index contributed by atoms with van der Waals surface area (Å²) >= 11 is 0. The molecule has 1 aromatic carbocycles. The van der Waals surface area contributed by atoms with Gasteiger partial charge in [-0.2, -0.15) is 0 Å². The number of rotatable bonds is 0.